The Balaban J connectivity index is 2.12. The van der Waals surface area contributed by atoms with Gasteiger partial charge in [0, 0.05) is 7.05 Å². The van der Waals surface area contributed by atoms with Crippen LogP contribution in [0.3, 0.4) is 0 Å². The fourth-order valence-electron chi connectivity index (χ4n) is 1.94. The minimum absolute atomic E-state index is 0.0526. The molecule has 22 heavy (non-hydrogen) atoms. The van der Waals surface area contributed by atoms with E-state index in [1.165, 1.54) is 36.2 Å². The number of halogens is 3. The third kappa shape index (κ3) is 3.39. The van der Waals surface area contributed by atoms with E-state index in [1.807, 2.05) is 0 Å². The Morgan fingerprint density at radius 1 is 1.05 bits per heavy atom. The van der Waals surface area contributed by atoms with E-state index >= 15 is 0 Å². The monoisotopic (exact) mass is 308 g/mol. The molecule has 3 nitrogen and oxygen atoms in total. The van der Waals surface area contributed by atoms with Crippen molar-refractivity contribution in [3.8, 4) is 0 Å². The summed E-state index contributed by atoms with van der Waals surface area (Å²) in [7, 11) is 1.49. The molecule has 2 amide bonds. The molecule has 2 rings (SSSR count). The number of nitrogens with zero attached hydrogens (tertiary/aromatic N) is 1. The molecule has 0 aliphatic carbocycles. The van der Waals surface area contributed by atoms with Crippen molar-refractivity contribution in [3.05, 3.63) is 65.5 Å². The molecule has 6 heteroatoms. The van der Waals surface area contributed by atoms with Crippen LogP contribution in [0.2, 0.25) is 0 Å². The summed E-state index contributed by atoms with van der Waals surface area (Å²) < 4.78 is 39.7. The summed E-state index contributed by atoms with van der Waals surface area (Å²) in [6.45, 7) is 1.66. The van der Waals surface area contributed by atoms with Crippen molar-refractivity contribution in [1.29, 1.82) is 0 Å². The van der Waals surface area contributed by atoms with Crippen LogP contribution < -0.4 is 5.32 Å². The molecule has 0 saturated carbocycles. The number of carbonyl (C=O) groups excluding carboxylic acids is 1. The molecule has 116 valence electrons. The van der Waals surface area contributed by atoms with Gasteiger partial charge in [0.2, 0.25) is 0 Å². The van der Waals surface area contributed by atoms with E-state index in [9.17, 15) is 18.0 Å². The molecule has 1 N–H and O–H groups in total. The summed E-state index contributed by atoms with van der Waals surface area (Å²) in [6, 6.07) is 8.14. The molecule has 1 atom stereocenters. The first kappa shape index (κ1) is 15.9. The molecule has 0 radical (unpaired) electrons. The van der Waals surface area contributed by atoms with Gasteiger partial charge in [-0.15, -0.1) is 0 Å². The lowest BCUT2D eigenvalue weighted by atomic mass is 10.1. The number of amides is 2. The van der Waals surface area contributed by atoms with Gasteiger partial charge in [-0.2, -0.15) is 0 Å². The highest BCUT2D eigenvalue weighted by Crippen LogP contribution is 2.22. The van der Waals surface area contributed by atoms with Crippen LogP contribution in [0, 0.1) is 17.5 Å². The summed E-state index contributed by atoms with van der Waals surface area (Å²) in [5, 5.41) is 2.43. The van der Waals surface area contributed by atoms with Crippen LogP contribution in [-0.4, -0.2) is 18.0 Å². The van der Waals surface area contributed by atoms with E-state index in [-0.39, 0.29) is 5.69 Å². The zero-order valence-electron chi connectivity index (χ0n) is 12.1. The number of rotatable bonds is 3. The summed E-state index contributed by atoms with van der Waals surface area (Å²) in [5.41, 5.74) is 0.488. The first-order valence-corrected chi connectivity index (χ1v) is 6.63. The number of urea groups is 1. The van der Waals surface area contributed by atoms with Crippen LogP contribution in [0.25, 0.3) is 0 Å². The number of anilines is 1. The fraction of sp³-hybridized carbons (Fsp3) is 0.188. The van der Waals surface area contributed by atoms with E-state index in [0.29, 0.717) is 5.56 Å². The molecule has 0 saturated heterocycles. The van der Waals surface area contributed by atoms with E-state index in [1.54, 1.807) is 13.0 Å². The Kier molecular flexibility index (Phi) is 4.70. The van der Waals surface area contributed by atoms with Crippen molar-refractivity contribution < 1.29 is 18.0 Å². The zero-order chi connectivity index (χ0) is 16.3. The molecule has 0 aromatic heterocycles. The van der Waals surface area contributed by atoms with E-state index in [2.05, 4.69) is 5.32 Å². The number of para-hydroxylation sites is 1. The second-order valence-electron chi connectivity index (χ2n) is 4.87. The highest BCUT2D eigenvalue weighted by Gasteiger charge is 2.19. The predicted molar refractivity (Wildman–Crippen MR) is 78.0 cm³/mol. The maximum Gasteiger partial charge on any atom is 0.322 e. The molecule has 2 aromatic carbocycles. The lowest BCUT2D eigenvalue weighted by Gasteiger charge is -2.25. The van der Waals surface area contributed by atoms with Crippen molar-refractivity contribution in [2.75, 3.05) is 12.4 Å². The van der Waals surface area contributed by atoms with Crippen LogP contribution in [0.4, 0.5) is 23.7 Å². The minimum atomic E-state index is -0.979. The van der Waals surface area contributed by atoms with Crippen LogP contribution >= 0.6 is 0 Å². The third-order valence-corrected chi connectivity index (χ3v) is 3.44. The molecular formula is C16H15F3N2O. The van der Waals surface area contributed by atoms with Gasteiger partial charge in [0.1, 0.15) is 5.82 Å². The Labute approximate surface area is 126 Å². The summed E-state index contributed by atoms with van der Waals surface area (Å²) >= 11 is 0. The summed E-state index contributed by atoms with van der Waals surface area (Å²) in [6.07, 6.45) is 0. The average molecular weight is 308 g/mol. The molecule has 2 aromatic rings. The SMILES string of the molecule is CC(c1ccc(F)c(F)c1)N(C)C(=O)Nc1ccccc1F. The van der Waals surface area contributed by atoms with Gasteiger partial charge in [-0.05, 0) is 36.8 Å². The standard InChI is InChI=1S/C16H15F3N2O/c1-10(11-7-8-12(17)14(19)9-11)21(2)16(22)20-15-6-4-3-5-13(15)18/h3-10H,1-2H3,(H,20,22). The Bertz CT molecular complexity index is 691. The highest BCUT2D eigenvalue weighted by atomic mass is 19.2. The maximum absolute atomic E-state index is 13.5. The first-order valence-electron chi connectivity index (χ1n) is 6.63. The second kappa shape index (κ2) is 6.51. The maximum atomic E-state index is 13.5. The molecule has 0 aliphatic heterocycles. The Hall–Kier alpha value is -2.50. The minimum Gasteiger partial charge on any atom is -0.321 e. The summed E-state index contributed by atoms with van der Waals surface area (Å²) in [4.78, 5) is 13.4. The number of carbonyl (C=O) groups is 1. The quantitative estimate of drug-likeness (QED) is 0.899. The molecule has 0 fully saturated rings. The average Bonchev–Trinajstić information content (AvgIpc) is 2.50. The van der Waals surface area contributed by atoms with E-state index in [4.69, 9.17) is 0 Å². The molecule has 0 aliphatic rings. The topological polar surface area (TPSA) is 32.3 Å². The van der Waals surface area contributed by atoms with Crippen molar-refractivity contribution in [2.24, 2.45) is 0 Å². The van der Waals surface area contributed by atoms with Gasteiger partial charge in [-0.3, -0.25) is 0 Å². The van der Waals surface area contributed by atoms with E-state index in [0.717, 1.165) is 12.1 Å². The van der Waals surface area contributed by atoms with Crippen molar-refractivity contribution in [3.63, 3.8) is 0 Å². The largest absolute Gasteiger partial charge is 0.322 e. The van der Waals surface area contributed by atoms with Gasteiger partial charge in [0.15, 0.2) is 11.6 Å². The number of benzene rings is 2. The third-order valence-electron chi connectivity index (χ3n) is 3.44. The first-order chi connectivity index (χ1) is 10.4. The van der Waals surface area contributed by atoms with Crippen LogP contribution in [-0.2, 0) is 0 Å². The smallest absolute Gasteiger partial charge is 0.321 e. The predicted octanol–water partition coefficient (Wildman–Crippen LogP) is 4.33. The second-order valence-corrected chi connectivity index (χ2v) is 4.87. The normalized spacial score (nSPS) is 11.9. The van der Waals surface area contributed by atoms with Gasteiger partial charge in [0.25, 0.3) is 0 Å². The van der Waals surface area contributed by atoms with Gasteiger partial charge in [-0.25, -0.2) is 18.0 Å². The Morgan fingerprint density at radius 3 is 2.36 bits per heavy atom. The number of nitrogens with one attached hydrogen (secondary N) is 1. The number of hydrogen-bond acceptors (Lipinski definition) is 1. The lowest BCUT2D eigenvalue weighted by Crippen LogP contribution is -2.33. The fourth-order valence-corrected chi connectivity index (χ4v) is 1.94. The summed E-state index contributed by atoms with van der Waals surface area (Å²) in [5.74, 6) is -2.48. The van der Waals surface area contributed by atoms with Gasteiger partial charge >= 0.3 is 6.03 Å². The van der Waals surface area contributed by atoms with E-state index < -0.39 is 29.5 Å². The van der Waals surface area contributed by atoms with Crippen LogP contribution in [0.15, 0.2) is 42.5 Å². The molecule has 0 heterocycles. The van der Waals surface area contributed by atoms with Crippen LogP contribution in [0.5, 0.6) is 0 Å². The number of hydrogen-bond donors (Lipinski definition) is 1. The molecule has 1 unspecified atom stereocenters. The molecule has 0 spiro atoms. The van der Waals surface area contributed by atoms with Crippen molar-refractivity contribution in [1.82, 2.24) is 4.90 Å². The van der Waals surface area contributed by atoms with Crippen LogP contribution in [0.1, 0.15) is 18.5 Å². The van der Waals surface area contributed by atoms with Crippen molar-refractivity contribution >= 4 is 11.7 Å². The van der Waals surface area contributed by atoms with Gasteiger partial charge in [-0.1, -0.05) is 18.2 Å². The highest BCUT2D eigenvalue weighted by molar-refractivity contribution is 5.89. The van der Waals surface area contributed by atoms with Gasteiger partial charge in [0.05, 0.1) is 11.7 Å². The Morgan fingerprint density at radius 2 is 1.73 bits per heavy atom. The molecule has 0 bridgehead atoms. The molecular weight excluding hydrogens is 293 g/mol. The lowest BCUT2D eigenvalue weighted by molar-refractivity contribution is 0.208. The zero-order valence-corrected chi connectivity index (χ0v) is 12.1. The van der Waals surface area contributed by atoms with Gasteiger partial charge < -0.3 is 10.2 Å². The van der Waals surface area contributed by atoms with Crippen molar-refractivity contribution in [2.45, 2.75) is 13.0 Å².